The van der Waals surface area contributed by atoms with E-state index in [-0.39, 0.29) is 12.4 Å². The maximum Gasteiger partial charge on any atom is 0.412 e. The van der Waals surface area contributed by atoms with Crippen molar-refractivity contribution < 1.29 is 28.5 Å². The zero-order valence-electron chi connectivity index (χ0n) is 22.1. The standard InChI is InChI=1S/C28H26FN5O5S/c1-14-7-19(26-22(8-14)33-25(37-4)12-31-26)27-34-21-10-20(29)23(11-24(21)40-27)38-15(2)16(3)39-28(36)32-17-5-6-30-18(9-17)13-35/h5-12,15-16,35H,13H2,1-4H3,(H,30,32,36)/t15-,16+/m0/s1. The van der Waals surface area contributed by atoms with E-state index in [0.29, 0.717) is 38.8 Å². The quantitative estimate of drug-likeness (QED) is 0.246. The number of rotatable bonds is 8. The van der Waals surface area contributed by atoms with E-state index in [4.69, 9.17) is 14.2 Å². The minimum Gasteiger partial charge on any atom is -0.484 e. The number of methoxy groups -OCH3 is 1. The number of thiazole rings is 1. The summed E-state index contributed by atoms with van der Waals surface area (Å²) in [6.45, 7) is 5.03. The van der Waals surface area contributed by atoms with Crippen molar-refractivity contribution in [1.29, 1.82) is 0 Å². The van der Waals surface area contributed by atoms with Crippen LogP contribution in [0.2, 0.25) is 0 Å². The Morgan fingerprint density at radius 1 is 1.10 bits per heavy atom. The normalized spacial score (nSPS) is 12.8. The molecule has 40 heavy (non-hydrogen) atoms. The van der Waals surface area contributed by atoms with Crippen LogP contribution in [-0.4, -0.2) is 50.5 Å². The molecule has 2 atom stereocenters. The number of aryl methyl sites for hydroxylation is 1. The zero-order chi connectivity index (χ0) is 28.4. The van der Waals surface area contributed by atoms with Crippen molar-refractivity contribution >= 4 is 44.4 Å². The summed E-state index contributed by atoms with van der Waals surface area (Å²) >= 11 is 1.38. The van der Waals surface area contributed by atoms with Crippen LogP contribution in [0.3, 0.4) is 0 Å². The fourth-order valence-electron chi connectivity index (χ4n) is 4.00. The van der Waals surface area contributed by atoms with Gasteiger partial charge in [0.25, 0.3) is 0 Å². The fourth-order valence-corrected chi connectivity index (χ4v) is 4.99. The highest BCUT2D eigenvalue weighted by atomic mass is 32.1. The number of benzene rings is 2. The number of carbonyl (C=O) groups is 1. The number of aliphatic hydroxyl groups is 1. The summed E-state index contributed by atoms with van der Waals surface area (Å²) in [4.78, 5) is 29.9. The van der Waals surface area contributed by atoms with Gasteiger partial charge in [0.05, 0.1) is 46.9 Å². The zero-order valence-corrected chi connectivity index (χ0v) is 23.0. The van der Waals surface area contributed by atoms with Crippen molar-refractivity contribution in [2.75, 3.05) is 12.4 Å². The topological polar surface area (TPSA) is 129 Å². The Morgan fingerprint density at radius 2 is 1.93 bits per heavy atom. The Morgan fingerprint density at radius 3 is 2.70 bits per heavy atom. The van der Waals surface area contributed by atoms with Gasteiger partial charge in [-0.05, 0) is 50.6 Å². The number of aliphatic hydroxyl groups excluding tert-OH is 1. The maximum atomic E-state index is 15.0. The first-order chi connectivity index (χ1) is 19.2. The van der Waals surface area contributed by atoms with Crippen LogP contribution in [0.4, 0.5) is 14.9 Å². The summed E-state index contributed by atoms with van der Waals surface area (Å²) in [7, 11) is 1.54. The smallest absolute Gasteiger partial charge is 0.412 e. The first-order valence-electron chi connectivity index (χ1n) is 12.4. The van der Waals surface area contributed by atoms with Gasteiger partial charge in [-0.15, -0.1) is 11.3 Å². The van der Waals surface area contributed by atoms with Gasteiger partial charge in [-0.2, -0.15) is 0 Å². The number of halogens is 1. The minimum absolute atomic E-state index is 0.0198. The van der Waals surface area contributed by atoms with Crippen LogP contribution >= 0.6 is 11.3 Å². The Kier molecular flexibility index (Phi) is 7.71. The Labute approximate surface area is 232 Å². The molecule has 1 amide bonds. The van der Waals surface area contributed by atoms with Crippen LogP contribution in [0.1, 0.15) is 25.1 Å². The molecule has 3 aromatic heterocycles. The van der Waals surface area contributed by atoms with Crippen molar-refractivity contribution in [2.24, 2.45) is 0 Å². The lowest BCUT2D eigenvalue weighted by atomic mass is 10.1. The lowest BCUT2D eigenvalue weighted by Gasteiger charge is -2.22. The SMILES string of the molecule is COc1cnc2c(-c3nc4cc(F)c(O[C@@H](C)[C@@H](C)OC(=O)Nc5ccnc(CO)c5)cc4s3)cc(C)cc2n1. The molecule has 3 heterocycles. The number of amides is 1. The number of anilines is 1. The number of aromatic nitrogens is 4. The Bertz CT molecular complexity index is 1710. The van der Waals surface area contributed by atoms with Gasteiger partial charge in [-0.1, -0.05) is 0 Å². The highest BCUT2D eigenvalue weighted by molar-refractivity contribution is 7.21. The third-order valence-corrected chi connectivity index (χ3v) is 7.19. The maximum absolute atomic E-state index is 15.0. The molecule has 0 fully saturated rings. The summed E-state index contributed by atoms with van der Waals surface area (Å²) < 4.78 is 32.2. The second-order valence-corrected chi connectivity index (χ2v) is 10.1. The van der Waals surface area contributed by atoms with Crippen LogP contribution in [0.25, 0.3) is 31.8 Å². The highest BCUT2D eigenvalue weighted by Crippen LogP contribution is 2.37. The van der Waals surface area contributed by atoms with Gasteiger partial charge < -0.3 is 19.3 Å². The van der Waals surface area contributed by atoms with E-state index in [9.17, 15) is 9.90 Å². The first-order valence-corrected chi connectivity index (χ1v) is 13.2. The van der Waals surface area contributed by atoms with Crippen molar-refractivity contribution in [1.82, 2.24) is 19.9 Å². The molecule has 0 saturated carbocycles. The molecule has 2 N–H and O–H groups in total. The van der Waals surface area contributed by atoms with Gasteiger partial charge in [0, 0.05) is 29.6 Å². The van der Waals surface area contributed by atoms with Gasteiger partial charge in [0.1, 0.15) is 17.2 Å². The lowest BCUT2D eigenvalue weighted by molar-refractivity contribution is 0.0402. The van der Waals surface area contributed by atoms with E-state index in [1.54, 1.807) is 32.2 Å². The Hall–Kier alpha value is -4.42. The second-order valence-electron chi connectivity index (χ2n) is 9.11. The molecule has 0 aliphatic carbocycles. The van der Waals surface area contributed by atoms with Crippen molar-refractivity contribution in [3.63, 3.8) is 0 Å². The number of fused-ring (bicyclic) bond motifs is 2. The van der Waals surface area contributed by atoms with Gasteiger partial charge in [0.2, 0.25) is 5.88 Å². The molecule has 2 aromatic carbocycles. The summed E-state index contributed by atoms with van der Waals surface area (Å²) in [5.74, 6) is -0.151. The Balaban J connectivity index is 1.33. The van der Waals surface area contributed by atoms with E-state index in [0.717, 1.165) is 15.8 Å². The first kappa shape index (κ1) is 27.2. The summed E-state index contributed by atoms with van der Waals surface area (Å²) in [5, 5.41) is 12.5. The molecule has 5 rings (SSSR count). The predicted molar refractivity (Wildman–Crippen MR) is 149 cm³/mol. The van der Waals surface area contributed by atoms with Crippen molar-refractivity contribution in [3.8, 4) is 22.2 Å². The number of carbonyl (C=O) groups excluding carboxylic acids is 1. The second kappa shape index (κ2) is 11.4. The van der Waals surface area contributed by atoms with E-state index in [1.807, 2.05) is 19.1 Å². The van der Waals surface area contributed by atoms with Crippen molar-refractivity contribution in [3.05, 3.63) is 65.9 Å². The predicted octanol–water partition coefficient (Wildman–Crippen LogP) is 5.65. The van der Waals surface area contributed by atoms with E-state index >= 15 is 4.39 Å². The largest absolute Gasteiger partial charge is 0.484 e. The monoisotopic (exact) mass is 563 g/mol. The van der Waals surface area contributed by atoms with E-state index < -0.39 is 24.1 Å². The van der Waals surface area contributed by atoms with E-state index in [1.165, 1.54) is 36.8 Å². The fraction of sp³-hybridized carbons (Fsp3) is 0.250. The number of ether oxygens (including phenoxy) is 3. The number of nitrogens with one attached hydrogen (secondary N) is 1. The summed E-state index contributed by atoms with van der Waals surface area (Å²) in [6, 6.07) is 9.91. The lowest BCUT2D eigenvalue weighted by Crippen LogP contribution is -2.32. The van der Waals surface area contributed by atoms with Crippen molar-refractivity contribution in [2.45, 2.75) is 39.6 Å². The molecule has 0 aliphatic rings. The molecule has 0 radical (unpaired) electrons. The number of hydrogen-bond acceptors (Lipinski definition) is 10. The molecule has 10 nitrogen and oxygen atoms in total. The highest BCUT2D eigenvalue weighted by Gasteiger charge is 2.22. The summed E-state index contributed by atoms with van der Waals surface area (Å²) in [5.41, 5.74) is 4.42. The number of pyridine rings is 1. The molecule has 0 unspecified atom stereocenters. The summed E-state index contributed by atoms with van der Waals surface area (Å²) in [6.07, 6.45) is 0.926. The molecule has 0 spiro atoms. The van der Waals surface area contributed by atoms with Crippen LogP contribution in [-0.2, 0) is 11.3 Å². The van der Waals surface area contributed by atoms with Gasteiger partial charge in [0.15, 0.2) is 11.6 Å². The third-order valence-electron chi connectivity index (χ3n) is 6.14. The van der Waals surface area contributed by atoms with Crippen LogP contribution < -0.4 is 14.8 Å². The molecule has 206 valence electrons. The minimum atomic E-state index is -0.716. The molecule has 12 heteroatoms. The number of nitrogens with zero attached hydrogens (tertiary/aromatic N) is 4. The number of hydrogen-bond donors (Lipinski definition) is 2. The molecule has 0 bridgehead atoms. The average molecular weight is 564 g/mol. The van der Waals surface area contributed by atoms with Gasteiger partial charge in [-0.25, -0.2) is 24.1 Å². The van der Waals surface area contributed by atoms with Gasteiger partial charge in [-0.3, -0.25) is 10.3 Å². The average Bonchev–Trinajstić information content (AvgIpc) is 3.34. The molecular weight excluding hydrogens is 537 g/mol. The van der Waals surface area contributed by atoms with Crippen LogP contribution in [0.5, 0.6) is 11.6 Å². The van der Waals surface area contributed by atoms with Crippen LogP contribution in [0.15, 0.2) is 48.8 Å². The van der Waals surface area contributed by atoms with E-state index in [2.05, 4.69) is 25.3 Å². The van der Waals surface area contributed by atoms with Gasteiger partial charge >= 0.3 is 6.09 Å². The third kappa shape index (κ3) is 5.77. The molecular formula is C28H26FN5O5S. The molecule has 5 aromatic rings. The molecule has 0 saturated heterocycles. The van der Waals surface area contributed by atoms with Crippen LogP contribution in [0, 0.1) is 12.7 Å². The molecule has 0 aliphatic heterocycles.